The lowest BCUT2D eigenvalue weighted by atomic mass is 9.75. The molecule has 0 bridgehead atoms. The van der Waals surface area contributed by atoms with Gasteiger partial charge in [-0.1, -0.05) is 77.9 Å². The Bertz CT molecular complexity index is 1370. The molecule has 0 atom stereocenters. The second-order valence-electron chi connectivity index (χ2n) is 12.5. The molecule has 212 valence electrons. The molecule has 0 heterocycles. The minimum Gasteiger partial charge on any atom is -0.508 e. The Kier molecular flexibility index (Phi) is 9.24. The van der Waals surface area contributed by atoms with Gasteiger partial charge >= 0.3 is 0 Å². The normalized spacial score (nSPS) is 12.9. The number of phenols is 2. The summed E-state index contributed by atoms with van der Waals surface area (Å²) in [7, 11) is -0.421. The number of hydrogen-bond donors (Lipinski definition) is 2. The van der Waals surface area contributed by atoms with Crippen molar-refractivity contribution in [3.05, 3.63) is 88.5 Å². The Morgan fingerprint density at radius 1 is 0.718 bits per heavy atom. The summed E-state index contributed by atoms with van der Waals surface area (Å²) in [6.45, 7) is 12.7. The molecular formula is C33H45NO4S. The average molecular weight is 552 g/mol. The van der Waals surface area contributed by atoms with Crippen molar-refractivity contribution in [3.8, 4) is 11.5 Å². The number of phenolic OH excluding ortho intramolecular Hbond substituents is 2. The second-order valence-corrected chi connectivity index (χ2v) is 14.6. The van der Waals surface area contributed by atoms with E-state index in [1.165, 1.54) is 29.5 Å². The SMILES string of the molecule is CC(C)c1ccc(CCC(C)(C)c2cc(O)c(C(C)(C)CCc3ccc(S(=O)(=O)N(C)C)cc3)cc2O)cc1. The molecule has 39 heavy (non-hydrogen) atoms. The summed E-state index contributed by atoms with van der Waals surface area (Å²) in [6, 6.07) is 19.1. The Balaban J connectivity index is 1.72. The summed E-state index contributed by atoms with van der Waals surface area (Å²) in [5, 5.41) is 22.1. The predicted molar refractivity (Wildman–Crippen MR) is 160 cm³/mol. The molecule has 0 saturated carbocycles. The van der Waals surface area contributed by atoms with Crippen molar-refractivity contribution in [2.75, 3.05) is 14.1 Å². The van der Waals surface area contributed by atoms with Gasteiger partial charge in [0.2, 0.25) is 10.0 Å². The van der Waals surface area contributed by atoms with Crippen LogP contribution < -0.4 is 0 Å². The third-order valence-electron chi connectivity index (χ3n) is 8.00. The van der Waals surface area contributed by atoms with E-state index in [0.717, 1.165) is 30.4 Å². The molecule has 3 rings (SSSR count). The summed E-state index contributed by atoms with van der Waals surface area (Å²) in [4.78, 5) is 0.267. The van der Waals surface area contributed by atoms with Gasteiger partial charge in [-0.25, -0.2) is 12.7 Å². The standard InChI is InChI=1S/C33H45NO4S/c1-23(2)26-13-9-24(10-14-26)17-19-32(3,4)28-21-31(36)29(22-30(28)35)33(5,6)20-18-25-11-15-27(16-12-25)39(37,38)34(7)8/h9-16,21-23,35-36H,17-20H2,1-8H3. The molecule has 2 N–H and O–H groups in total. The first-order valence-electron chi connectivity index (χ1n) is 13.7. The molecule has 3 aromatic rings. The minimum atomic E-state index is -3.46. The lowest BCUT2D eigenvalue weighted by Crippen LogP contribution is -2.22. The number of hydrogen-bond acceptors (Lipinski definition) is 4. The van der Waals surface area contributed by atoms with E-state index in [2.05, 4.69) is 65.8 Å². The summed E-state index contributed by atoms with van der Waals surface area (Å²) in [5.74, 6) is 0.898. The smallest absolute Gasteiger partial charge is 0.242 e. The second kappa shape index (κ2) is 11.7. The van der Waals surface area contributed by atoms with Crippen LogP contribution in [0.25, 0.3) is 0 Å². The van der Waals surface area contributed by atoms with Gasteiger partial charge in [0.25, 0.3) is 0 Å². The van der Waals surface area contributed by atoms with Crippen LogP contribution in [0.3, 0.4) is 0 Å². The van der Waals surface area contributed by atoms with Crippen molar-refractivity contribution in [1.29, 1.82) is 0 Å². The van der Waals surface area contributed by atoms with E-state index >= 15 is 0 Å². The molecule has 6 heteroatoms. The van der Waals surface area contributed by atoms with E-state index in [1.807, 2.05) is 12.1 Å². The molecular weight excluding hydrogens is 506 g/mol. The van der Waals surface area contributed by atoms with Crippen LogP contribution in [0.4, 0.5) is 0 Å². The third kappa shape index (κ3) is 7.23. The molecule has 0 unspecified atom stereocenters. The van der Waals surface area contributed by atoms with E-state index in [1.54, 1.807) is 24.3 Å². The summed E-state index contributed by atoms with van der Waals surface area (Å²) >= 11 is 0. The first-order valence-corrected chi connectivity index (χ1v) is 15.2. The predicted octanol–water partition coefficient (Wildman–Crippen LogP) is 7.29. The van der Waals surface area contributed by atoms with Crippen LogP contribution in [0.1, 0.15) is 88.1 Å². The van der Waals surface area contributed by atoms with Gasteiger partial charge in [0.15, 0.2) is 0 Å². The Labute approximate surface area is 235 Å². The van der Waals surface area contributed by atoms with Crippen LogP contribution in [-0.4, -0.2) is 37.0 Å². The molecule has 5 nitrogen and oxygen atoms in total. The van der Waals surface area contributed by atoms with Gasteiger partial charge in [0.05, 0.1) is 4.90 Å². The number of nitrogens with zero attached hydrogens (tertiary/aromatic N) is 1. The number of rotatable bonds is 11. The molecule has 3 aromatic carbocycles. The van der Waals surface area contributed by atoms with E-state index in [0.29, 0.717) is 17.9 Å². The lowest BCUT2D eigenvalue weighted by molar-refractivity contribution is 0.392. The fraction of sp³-hybridized carbons (Fsp3) is 0.455. The number of aromatic hydroxyl groups is 2. The summed E-state index contributed by atoms with van der Waals surface area (Å²) < 4.78 is 25.9. The maximum Gasteiger partial charge on any atom is 0.242 e. The Morgan fingerprint density at radius 2 is 1.10 bits per heavy atom. The van der Waals surface area contributed by atoms with Crippen LogP contribution in [0, 0.1) is 0 Å². The van der Waals surface area contributed by atoms with E-state index < -0.39 is 15.4 Å². The first kappa shape index (κ1) is 30.7. The van der Waals surface area contributed by atoms with Gasteiger partial charge in [0, 0.05) is 25.2 Å². The van der Waals surface area contributed by atoms with Crippen molar-refractivity contribution in [3.63, 3.8) is 0 Å². The zero-order chi connectivity index (χ0) is 29.2. The maximum atomic E-state index is 12.3. The number of benzene rings is 3. The fourth-order valence-corrected chi connectivity index (χ4v) is 5.85. The van der Waals surface area contributed by atoms with Gasteiger partial charge in [-0.15, -0.1) is 0 Å². The zero-order valence-electron chi connectivity index (χ0n) is 24.7. The third-order valence-corrected chi connectivity index (χ3v) is 9.83. The monoisotopic (exact) mass is 551 g/mol. The largest absolute Gasteiger partial charge is 0.508 e. The van der Waals surface area contributed by atoms with Crippen molar-refractivity contribution >= 4 is 10.0 Å². The van der Waals surface area contributed by atoms with Crippen LogP contribution in [0.15, 0.2) is 65.6 Å². The van der Waals surface area contributed by atoms with Gasteiger partial charge in [0.1, 0.15) is 11.5 Å². The zero-order valence-corrected chi connectivity index (χ0v) is 25.6. The molecule has 0 fully saturated rings. The van der Waals surface area contributed by atoms with Crippen molar-refractivity contribution in [2.24, 2.45) is 0 Å². The maximum absolute atomic E-state index is 12.3. The quantitative estimate of drug-likeness (QED) is 0.245. The highest BCUT2D eigenvalue weighted by molar-refractivity contribution is 7.89. The van der Waals surface area contributed by atoms with Crippen LogP contribution >= 0.6 is 0 Å². The first-order chi connectivity index (χ1) is 18.0. The molecule has 0 aliphatic carbocycles. The van der Waals surface area contributed by atoms with Gasteiger partial charge in [-0.2, -0.15) is 0 Å². The Hall–Kier alpha value is -2.83. The molecule has 0 saturated heterocycles. The molecule has 0 radical (unpaired) electrons. The highest BCUT2D eigenvalue weighted by atomic mass is 32.2. The molecule has 0 amide bonds. The fourth-order valence-electron chi connectivity index (χ4n) is 4.95. The average Bonchev–Trinajstić information content (AvgIpc) is 2.87. The van der Waals surface area contributed by atoms with Gasteiger partial charge < -0.3 is 10.2 Å². The van der Waals surface area contributed by atoms with Crippen molar-refractivity contribution < 1.29 is 18.6 Å². The van der Waals surface area contributed by atoms with E-state index in [4.69, 9.17) is 0 Å². The summed E-state index contributed by atoms with van der Waals surface area (Å²) in [5.41, 5.74) is 4.33. The van der Waals surface area contributed by atoms with E-state index in [-0.39, 0.29) is 21.8 Å². The molecule has 0 aliphatic heterocycles. The topological polar surface area (TPSA) is 77.8 Å². The molecule has 0 spiro atoms. The van der Waals surface area contributed by atoms with Gasteiger partial charge in [-0.05, 0) is 83.4 Å². The highest BCUT2D eigenvalue weighted by Gasteiger charge is 2.30. The Morgan fingerprint density at radius 3 is 1.46 bits per heavy atom. The molecule has 0 aromatic heterocycles. The number of aryl methyl sites for hydroxylation is 2. The minimum absolute atomic E-state index is 0.189. The lowest BCUT2D eigenvalue weighted by Gasteiger charge is -2.30. The molecule has 0 aliphatic rings. The summed E-state index contributed by atoms with van der Waals surface area (Å²) in [6.07, 6.45) is 3.14. The van der Waals surface area contributed by atoms with Crippen molar-refractivity contribution in [2.45, 2.75) is 88.9 Å². The van der Waals surface area contributed by atoms with Gasteiger partial charge in [-0.3, -0.25) is 0 Å². The van der Waals surface area contributed by atoms with E-state index in [9.17, 15) is 18.6 Å². The number of sulfonamides is 1. The van der Waals surface area contributed by atoms with Crippen LogP contribution in [0.5, 0.6) is 11.5 Å². The highest BCUT2D eigenvalue weighted by Crippen LogP contribution is 2.43. The van der Waals surface area contributed by atoms with Crippen LogP contribution in [0.2, 0.25) is 0 Å². The van der Waals surface area contributed by atoms with Crippen molar-refractivity contribution in [1.82, 2.24) is 4.31 Å². The van der Waals surface area contributed by atoms with Crippen LogP contribution in [-0.2, 0) is 33.7 Å².